The molecule has 0 radical (unpaired) electrons. The normalized spacial score (nSPS) is 12.7. The molecule has 148 valence electrons. The van der Waals surface area contributed by atoms with Crippen LogP contribution in [-0.4, -0.2) is 22.3 Å². The quantitative estimate of drug-likeness (QED) is 0.333. The van der Waals surface area contributed by atoms with Gasteiger partial charge >= 0.3 is 0 Å². The van der Waals surface area contributed by atoms with E-state index in [1.54, 1.807) is 24.3 Å². The van der Waals surface area contributed by atoms with Gasteiger partial charge in [-0.3, -0.25) is 9.89 Å². The molecule has 1 heterocycles. The Balaban J connectivity index is 1.39. The molecule has 1 aliphatic rings. The van der Waals surface area contributed by atoms with Gasteiger partial charge in [0.25, 0.3) is 5.91 Å². The minimum atomic E-state index is -0.404. The first-order valence-corrected chi connectivity index (χ1v) is 10.2. The van der Waals surface area contributed by atoms with Crippen molar-refractivity contribution in [3.8, 4) is 11.3 Å². The van der Waals surface area contributed by atoms with Crippen LogP contribution in [0.5, 0.6) is 0 Å². The fraction of sp³-hybridized carbons (Fsp3) is 0.0870. The SMILES string of the molecule is O=C(N/N=C/c1c(Cl)cccc1Cl)c1cc(-c2ccc3c4c(cccc24)CC3)n[nH]1. The first kappa shape index (κ1) is 18.9. The highest BCUT2D eigenvalue weighted by Gasteiger charge is 2.18. The lowest BCUT2D eigenvalue weighted by molar-refractivity contribution is 0.0950. The Bertz CT molecular complexity index is 1300. The number of benzene rings is 3. The van der Waals surface area contributed by atoms with Crippen LogP contribution >= 0.6 is 23.2 Å². The van der Waals surface area contributed by atoms with Crippen LogP contribution in [0.2, 0.25) is 10.0 Å². The highest BCUT2D eigenvalue weighted by Crippen LogP contribution is 2.36. The lowest BCUT2D eigenvalue weighted by Gasteiger charge is -2.06. The van der Waals surface area contributed by atoms with Crippen molar-refractivity contribution in [1.82, 2.24) is 15.6 Å². The summed E-state index contributed by atoms with van der Waals surface area (Å²) in [7, 11) is 0. The molecule has 0 aliphatic heterocycles. The third-order valence-corrected chi connectivity index (χ3v) is 5.99. The summed E-state index contributed by atoms with van der Waals surface area (Å²) in [5.74, 6) is -0.404. The Labute approximate surface area is 182 Å². The number of aryl methyl sites for hydroxylation is 2. The molecule has 30 heavy (non-hydrogen) atoms. The van der Waals surface area contributed by atoms with E-state index in [0.717, 1.165) is 23.8 Å². The first-order valence-electron chi connectivity index (χ1n) is 9.48. The Morgan fingerprint density at radius 1 is 1.03 bits per heavy atom. The number of rotatable bonds is 4. The molecule has 1 aromatic heterocycles. The molecule has 7 heteroatoms. The molecule has 5 rings (SSSR count). The van der Waals surface area contributed by atoms with Gasteiger partial charge in [0.15, 0.2) is 0 Å². The molecule has 0 spiro atoms. The minimum absolute atomic E-state index is 0.315. The molecular formula is C23H16Cl2N4O. The number of nitrogens with zero attached hydrogens (tertiary/aromatic N) is 2. The van der Waals surface area contributed by atoms with Crippen LogP contribution in [0.25, 0.3) is 22.0 Å². The molecule has 0 unspecified atom stereocenters. The van der Waals surface area contributed by atoms with Gasteiger partial charge in [-0.1, -0.05) is 59.6 Å². The summed E-state index contributed by atoms with van der Waals surface area (Å²) < 4.78 is 0. The molecule has 0 saturated carbocycles. The Morgan fingerprint density at radius 2 is 1.77 bits per heavy atom. The summed E-state index contributed by atoms with van der Waals surface area (Å²) in [4.78, 5) is 12.5. The second-order valence-corrected chi connectivity index (χ2v) is 7.93. The molecule has 4 aromatic rings. The van der Waals surface area contributed by atoms with Crippen LogP contribution in [0.4, 0.5) is 0 Å². The Kier molecular flexibility index (Phi) is 4.77. The average molecular weight is 435 g/mol. The summed E-state index contributed by atoms with van der Waals surface area (Å²) >= 11 is 12.2. The third kappa shape index (κ3) is 3.26. The number of aromatic amines is 1. The summed E-state index contributed by atoms with van der Waals surface area (Å²) in [5.41, 5.74) is 7.78. The number of amides is 1. The van der Waals surface area contributed by atoms with E-state index < -0.39 is 5.91 Å². The van der Waals surface area contributed by atoms with E-state index in [1.807, 2.05) is 0 Å². The predicted molar refractivity (Wildman–Crippen MR) is 120 cm³/mol. The smallest absolute Gasteiger partial charge is 0.272 e. The highest BCUT2D eigenvalue weighted by molar-refractivity contribution is 6.38. The molecular weight excluding hydrogens is 419 g/mol. The van der Waals surface area contributed by atoms with Gasteiger partial charge in [-0.25, -0.2) is 5.43 Å². The molecule has 1 aliphatic carbocycles. The number of H-pyrrole nitrogens is 1. The molecule has 1 amide bonds. The van der Waals surface area contributed by atoms with Crippen LogP contribution in [-0.2, 0) is 12.8 Å². The summed E-state index contributed by atoms with van der Waals surface area (Å²) in [5, 5.41) is 14.5. The van der Waals surface area contributed by atoms with Gasteiger partial charge in [0.1, 0.15) is 5.69 Å². The van der Waals surface area contributed by atoms with E-state index in [1.165, 1.54) is 22.7 Å². The van der Waals surface area contributed by atoms with Gasteiger partial charge < -0.3 is 0 Å². The van der Waals surface area contributed by atoms with E-state index in [4.69, 9.17) is 23.2 Å². The molecule has 0 atom stereocenters. The van der Waals surface area contributed by atoms with Crippen LogP contribution in [0.1, 0.15) is 27.2 Å². The second-order valence-electron chi connectivity index (χ2n) is 7.11. The number of hydrogen-bond acceptors (Lipinski definition) is 3. The highest BCUT2D eigenvalue weighted by atomic mass is 35.5. The molecule has 3 aromatic carbocycles. The zero-order valence-corrected chi connectivity index (χ0v) is 17.3. The molecule has 0 fully saturated rings. The van der Waals surface area contributed by atoms with Gasteiger partial charge in [0.2, 0.25) is 0 Å². The zero-order chi connectivity index (χ0) is 20.7. The van der Waals surface area contributed by atoms with Crippen molar-refractivity contribution in [2.75, 3.05) is 0 Å². The molecule has 2 N–H and O–H groups in total. The van der Waals surface area contributed by atoms with E-state index in [2.05, 4.69) is 51.1 Å². The van der Waals surface area contributed by atoms with Crippen molar-refractivity contribution in [2.45, 2.75) is 12.8 Å². The number of halogens is 2. The van der Waals surface area contributed by atoms with Crippen LogP contribution < -0.4 is 5.43 Å². The molecule has 0 saturated heterocycles. The maximum absolute atomic E-state index is 12.5. The Morgan fingerprint density at radius 3 is 2.57 bits per heavy atom. The first-order chi connectivity index (χ1) is 14.6. The van der Waals surface area contributed by atoms with Crippen molar-refractivity contribution in [3.63, 3.8) is 0 Å². The average Bonchev–Trinajstić information content (AvgIpc) is 3.39. The maximum atomic E-state index is 12.5. The minimum Gasteiger partial charge on any atom is -0.272 e. The van der Waals surface area contributed by atoms with Crippen molar-refractivity contribution in [3.05, 3.63) is 87.0 Å². The summed E-state index contributed by atoms with van der Waals surface area (Å²) in [6.07, 6.45) is 3.55. The third-order valence-electron chi connectivity index (χ3n) is 5.33. The number of aromatic nitrogens is 2. The summed E-state index contributed by atoms with van der Waals surface area (Å²) in [6, 6.07) is 17.5. The van der Waals surface area contributed by atoms with Crippen LogP contribution in [0.15, 0.2) is 59.7 Å². The lowest BCUT2D eigenvalue weighted by atomic mass is 9.98. The van der Waals surface area contributed by atoms with Crippen molar-refractivity contribution < 1.29 is 4.79 Å². The number of hydrazone groups is 1. The van der Waals surface area contributed by atoms with Gasteiger partial charge in [0.05, 0.1) is 22.0 Å². The predicted octanol–water partition coefficient (Wildman–Crippen LogP) is 5.40. The number of nitrogens with one attached hydrogen (secondary N) is 2. The van der Waals surface area contributed by atoms with E-state index in [9.17, 15) is 4.79 Å². The molecule has 5 nitrogen and oxygen atoms in total. The van der Waals surface area contributed by atoms with Crippen LogP contribution in [0.3, 0.4) is 0 Å². The maximum Gasteiger partial charge on any atom is 0.289 e. The van der Waals surface area contributed by atoms with E-state index >= 15 is 0 Å². The van der Waals surface area contributed by atoms with E-state index in [0.29, 0.717) is 27.0 Å². The largest absolute Gasteiger partial charge is 0.289 e. The number of carbonyl (C=O) groups excluding carboxylic acids is 1. The van der Waals surface area contributed by atoms with Crippen molar-refractivity contribution in [1.29, 1.82) is 0 Å². The van der Waals surface area contributed by atoms with Gasteiger partial charge in [-0.2, -0.15) is 10.2 Å². The lowest BCUT2D eigenvalue weighted by Crippen LogP contribution is -2.18. The van der Waals surface area contributed by atoms with Gasteiger partial charge in [-0.05, 0) is 52.9 Å². The fourth-order valence-corrected chi connectivity index (χ4v) is 4.39. The monoisotopic (exact) mass is 434 g/mol. The number of carbonyl (C=O) groups is 1. The second kappa shape index (κ2) is 7.59. The number of hydrogen-bond donors (Lipinski definition) is 2. The van der Waals surface area contributed by atoms with Crippen molar-refractivity contribution >= 4 is 46.1 Å². The van der Waals surface area contributed by atoms with Gasteiger partial charge in [-0.15, -0.1) is 0 Å². The molecule has 0 bridgehead atoms. The zero-order valence-electron chi connectivity index (χ0n) is 15.7. The summed E-state index contributed by atoms with van der Waals surface area (Å²) in [6.45, 7) is 0. The Hall–Kier alpha value is -3.15. The fourth-order valence-electron chi connectivity index (χ4n) is 3.90. The topological polar surface area (TPSA) is 70.1 Å². The van der Waals surface area contributed by atoms with E-state index in [-0.39, 0.29) is 0 Å². The standard InChI is InChI=1S/C23H16Cl2N4O/c24-18-5-2-6-19(25)17(18)12-26-29-23(30)21-11-20(27-28-21)15-10-9-14-8-7-13-3-1-4-16(15)22(13)14/h1-6,9-12H,7-8H2,(H,27,28)(H,29,30)/b26-12+. The van der Waals surface area contributed by atoms with Crippen molar-refractivity contribution in [2.24, 2.45) is 5.10 Å². The van der Waals surface area contributed by atoms with Gasteiger partial charge in [0, 0.05) is 11.1 Å². The van der Waals surface area contributed by atoms with Crippen LogP contribution in [0, 0.1) is 0 Å².